The number of hydrogen-bond donors (Lipinski definition) is 1. The normalized spacial score (nSPS) is 11.1. The molecule has 0 bridgehead atoms. The van der Waals surface area contributed by atoms with Crippen LogP contribution in [0.3, 0.4) is 0 Å². The van der Waals surface area contributed by atoms with E-state index < -0.39 is 5.41 Å². The molecule has 0 aliphatic carbocycles. The van der Waals surface area contributed by atoms with Gasteiger partial charge in [0.25, 0.3) is 0 Å². The highest BCUT2D eigenvalue weighted by Crippen LogP contribution is 2.16. The second-order valence-corrected chi connectivity index (χ2v) is 4.45. The number of carbonyl (C=O) groups excluding carboxylic acids is 1. The topological polar surface area (TPSA) is 29.1 Å². The highest BCUT2D eigenvalue weighted by molar-refractivity contribution is 6.19. The number of amides is 1. The summed E-state index contributed by atoms with van der Waals surface area (Å²) in [5, 5.41) is 2.87. The molecule has 1 aromatic carbocycles. The Labute approximate surface area is 95.6 Å². The van der Waals surface area contributed by atoms with Crippen molar-refractivity contribution in [2.75, 3.05) is 5.88 Å². The predicted octanol–water partition coefficient (Wildman–Crippen LogP) is 2.57. The lowest BCUT2D eigenvalue weighted by Gasteiger charge is -2.20. The van der Waals surface area contributed by atoms with Crippen molar-refractivity contribution in [3.8, 4) is 0 Å². The lowest BCUT2D eigenvalue weighted by Crippen LogP contribution is -2.37. The molecule has 0 unspecified atom stereocenters. The van der Waals surface area contributed by atoms with Crippen LogP contribution in [0, 0.1) is 5.41 Å². The first kappa shape index (κ1) is 12.1. The quantitative estimate of drug-likeness (QED) is 0.785. The number of benzene rings is 1. The lowest BCUT2D eigenvalue weighted by atomic mass is 9.95. The SMILES string of the molecule is CC(C)(CCl)C(=O)NCc1ccccc1. The third-order valence-corrected chi connectivity index (χ3v) is 2.91. The summed E-state index contributed by atoms with van der Waals surface area (Å²) < 4.78 is 0. The van der Waals surface area contributed by atoms with E-state index in [4.69, 9.17) is 11.6 Å². The zero-order chi connectivity index (χ0) is 11.3. The summed E-state index contributed by atoms with van der Waals surface area (Å²) in [5.74, 6) is 0.314. The molecule has 0 atom stereocenters. The Hall–Kier alpha value is -1.02. The van der Waals surface area contributed by atoms with Crippen LogP contribution in [-0.2, 0) is 11.3 Å². The number of rotatable bonds is 4. The first-order chi connectivity index (χ1) is 7.06. The Morgan fingerprint density at radius 2 is 1.93 bits per heavy atom. The summed E-state index contributed by atoms with van der Waals surface area (Å²) in [6.07, 6.45) is 0. The van der Waals surface area contributed by atoms with Gasteiger partial charge < -0.3 is 5.32 Å². The van der Waals surface area contributed by atoms with Crippen LogP contribution in [0.25, 0.3) is 0 Å². The largest absolute Gasteiger partial charge is 0.352 e. The van der Waals surface area contributed by atoms with Gasteiger partial charge in [-0.25, -0.2) is 0 Å². The molecular formula is C12H16ClNO. The van der Waals surface area contributed by atoms with Gasteiger partial charge in [-0.3, -0.25) is 4.79 Å². The number of halogens is 1. The molecule has 0 saturated carbocycles. The molecule has 0 spiro atoms. The van der Waals surface area contributed by atoms with E-state index in [1.54, 1.807) is 0 Å². The molecule has 82 valence electrons. The molecule has 0 radical (unpaired) electrons. The van der Waals surface area contributed by atoms with E-state index in [1.165, 1.54) is 0 Å². The molecule has 1 rings (SSSR count). The molecule has 1 N–H and O–H groups in total. The minimum absolute atomic E-state index is 0.0126. The monoisotopic (exact) mass is 225 g/mol. The molecule has 15 heavy (non-hydrogen) atoms. The van der Waals surface area contributed by atoms with Crippen molar-refractivity contribution in [2.45, 2.75) is 20.4 Å². The van der Waals surface area contributed by atoms with Crippen LogP contribution in [0.2, 0.25) is 0 Å². The lowest BCUT2D eigenvalue weighted by molar-refractivity contribution is -0.128. The van der Waals surface area contributed by atoms with Gasteiger partial charge in [-0.1, -0.05) is 30.3 Å². The maximum absolute atomic E-state index is 11.7. The van der Waals surface area contributed by atoms with Crippen molar-refractivity contribution < 1.29 is 4.79 Å². The van der Waals surface area contributed by atoms with E-state index >= 15 is 0 Å². The maximum Gasteiger partial charge on any atom is 0.227 e. The van der Waals surface area contributed by atoms with Crippen LogP contribution in [-0.4, -0.2) is 11.8 Å². The zero-order valence-corrected chi connectivity index (χ0v) is 9.84. The first-order valence-electron chi connectivity index (χ1n) is 4.94. The van der Waals surface area contributed by atoms with Crippen molar-refractivity contribution in [2.24, 2.45) is 5.41 Å². The molecule has 0 aliphatic heterocycles. The number of nitrogens with one attached hydrogen (secondary N) is 1. The van der Waals surface area contributed by atoms with Crippen molar-refractivity contribution in [3.63, 3.8) is 0 Å². The predicted molar refractivity (Wildman–Crippen MR) is 62.8 cm³/mol. The average molecular weight is 226 g/mol. The minimum atomic E-state index is -0.504. The van der Waals surface area contributed by atoms with Gasteiger partial charge >= 0.3 is 0 Å². The molecule has 1 aromatic rings. The van der Waals surface area contributed by atoms with Crippen LogP contribution in [0.5, 0.6) is 0 Å². The van der Waals surface area contributed by atoms with E-state index in [0.29, 0.717) is 12.4 Å². The van der Waals surface area contributed by atoms with E-state index in [-0.39, 0.29) is 5.91 Å². The van der Waals surface area contributed by atoms with Crippen LogP contribution in [0.4, 0.5) is 0 Å². The van der Waals surface area contributed by atoms with Crippen LogP contribution in [0.15, 0.2) is 30.3 Å². The molecule has 3 heteroatoms. The Kier molecular flexibility index (Phi) is 4.15. The molecule has 0 fully saturated rings. The minimum Gasteiger partial charge on any atom is -0.352 e. The van der Waals surface area contributed by atoms with E-state index in [1.807, 2.05) is 44.2 Å². The summed E-state index contributed by atoms with van der Waals surface area (Å²) in [4.78, 5) is 11.7. The fraction of sp³-hybridized carbons (Fsp3) is 0.417. The molecule has 2 nitrogen and oxygen atoms in total. The third kappa shape index (κ3) is 3.56. The van der Waals surface area contributed by atoms with Gasteiger partial charge in [0, 0.05) is 12.4 Å². The van der Waals surface area contributed by atoms with Gasteiger partial charge in [0.15, 0.2) is 0 Å². The maximum atomic E-state index is 11.7. The van der Waals surface area contributed by atoms with E-state index in [9.17, 15) is 4.79 Å². The van der Waals surface area contributed by atoms with Crippen LogP contribution >= 0.6 is 11.6 Å². The molecule has 0 heterocycles. The van der Waals surface area contributed by atoms with Gasteiger partial charge in [-0.2, -0.15) is 0 Å². The van der Waals surface area contributed by atoms with Gasteiger partial charge in [-0.15, -0.1) is 11.6 Å². The Balaban J connectivity index is 2.48. The Morgan fingerprint density at radius 1 is 1.33 bits per heavy atom. The molecule has 0 saturated heterocycles. The van der Waals surface area contributed by atoms with Gasteiger partial charge in [0.05, 0.1) is 5.41 Å². The Bertz CT molecular complexity index is 322. The number of hydrogen-bond acceptors (Lipinski definition) is 1. The van der Waals surface area contributed by atoms with Crippen molar-refractivity contribution in [1.29, 1.82) is 0 Å². The highest BCUT2D eigenvalue weighted by atomic mass is 35.5. The average Bonchev–Trinajstić information content (AvgIpc) is 2.27. The van der Waals surface area contributed by atoms with E-state index in [0.717, 1.165) is 5.56 Å². The molecule has 0 aromatic heterocycles. The molecule has 0 aliphatic rings. The fourth-order valence-corrected chi connectivity index (χ4v) is 1.20. The van der Waals surface area contributed by atoms with Crippen molar-refractivity contribution in [3.05, 3.63) is 35.9 Å². The summed E-state index contributed by atoms with van der Waals surface area (Å²) in [6.45, 7) is 4.22. The summed E-state index contributed by atoms with van der Waals surface area (Å²) in [7, 11) is 0. The van der Waals surface area contributed by atoms with E-state index in [2.05, 4.69) is 5.32 Å². The Morgan fingerprint density at radius 3 is 2.47 bits per heavy atom. The fourth-order valence-electron chi connectivity index (χ4n) is 1.08. The number of carbonyl (C=O) groups is 1. The number of alkyl halides is 1. The van der Waals surface area contributed by atoms with Crippen LogP contribution in [0.1, 0.15) is 19.4 Å². The standard InChI is InChI=1S/C12H16ClNO/c1-12(2,9-13)11(15)14-8-10-6-4-3-5-7-10/h3-7H,8-9H2,1-2H3,(H,14,15). The van der Waals surface area contributed by atoms with Crippen molar-refractivity contribution >= 4 is 17.5 Å². The second-order valence-electron chi connectivity index (χ2n) is 4.19. The zero-order valence-electron chi connectivity index (χ0n) is 9.09. The molecular weight excluding hydrogens is 210 g/mol. The molecule has 1 amide bonds. The third-order valence-electron chi connectivity index (χ3n) is 2.24. The second kappa shape index (κ2) is 5.17. The van der Waals surface area contributed by atoms with Gasteiger partial charge in [0.1, 0.15) is 0 Å². The van der Waals surface area contributed by atoms with Crippen molar-refractivity contribution in [1.82, 2.24) is 5.32 Å². The summed E-state index contributed by atoms with van der Waals surface area (Å²) >= 11 is 5.71. The smallest absolute Gasteiger partial charge is 0.227 e. The highest BCUT2D eigenvalue weighted by Gasteiger charge is 2.25. The first-order valence-corrected chi connectivity index (χ1v) is 5.48. The summed E-state index contributed by atoms with van der Waals surface area (Å²) in [5.41, 5.74) is 0.590. The summed E-state index contributed by atoms with van der Waals surface area (Å²) in [6, 6.07) is 9.82. The van der Waals surface area contributed by atoms with Crippen LogP contribution < -0.4 is 5.32 Å². The van der Waals surface area contributed by atoms with Gasteiger partial charge in [-0.05, 0) is 19.4 Å². The van der Waals surface area contributed by atoms with Gasteiger partial charge in [0.2, 0.25) is 5.91 Å².